The summed E-state index contributed by atoms with van der Waals surface area (Å²) < 4.78 is 16.6. The lowest BCUT2D eigenvalue weighted by Crippen LogP contribution is -2.45. The highest BCUT2D eigenvalue weighted by molar-refractivity contribution is 7.21. The molecule has 0 bridgehead atoms. The van der Waals surface area contributed by atoms with Crippen LogP contribution in [0.4, 0.5) is 10.5 Å². The Morgan fingerprint density at radius 1 is 1.17 bits per heavy atom. The number of rotatable bonds is 7. The molecule has 1 atom stereocenters. The predicted molar refractivity (Wildman–Crippen MR) is 116 cm³/mol. The fourth-order valence-corrected chi connectivity index (χ4v) is 3.82. The zero-order valence-electron chi connectivity index (χ0n) is 18.0. The van der Waals surface area contributed by atoms with Crippen molar-refractivity contribution in [3.63, 3.8) is 0 Å². The number of hydrogen-bond acceptors (Lipinski definition) is 7. The molecule has 1 aromatic carbocycles. The summed E-state index contributed by atoms with van der Waals surface area (Å²) in [6, 6.07) is 5.45. The SMILES string of the molecule is COC(=O)c1sc2ccc(OC)cc2c1NC[C@H](NC(=O)OC(C)(C)C)C(C)C. The molecule has 0 spiro atoms. The summed E-state index contributed by atoms with van der Waals surface area (Å²) in [5.41, 5.74) is 0.101. The van der Waals surface area contributed by atoms with Crippen molar-refractivity contribution in [3.05, 3.63) is 23.1 Å². The lowest BCUT2D eigenvalue weighted by atomic mass is 10.0. The van der Waals surface area contributed by atoms with E-state index in [0.29, 0.717) is 22.9 Å². The number of ether oxygens (including phenoxy) is 3. The largest absolute Gasteiger partial charge is 0.497 e. The maximum atomic E-state index is 12.3. The molecule has 0 radical (unpaired) electrons. The minimum atomic E-state index is -0.572. The minimum Gasteiger partial charge on any atom is -0.497 e. The number of thiophene rings is 1. The molecule has 8 heteroatoms. The average molecular weight is 423 g/mol. The molecule has 2 rings (SSSR count). The standard InChI is InChI=1S/C21H30N2O5S/c1-12(2)15(23-20(25)28-21(3,4)5)11-22-17-14-10-13(26-6)8-9-16(14)29-18(17)19(24)27-7/h8-10,12,15,22H,11H2,1-7H3,(H,23,25)/t15-/m0/s1. The van der Waals surface area contributed by atoms with E-state index in [9.17, 15) is 9.59 Å². The second-order valence-corrected chi connectivity index (χ2v) is 9.09. The molecule has 2 N–H and O–H groups in total. The normalized spacial score (nSPS) is 12.6. The lowest BCUT2D eigenvalue weighted by molar-refractivity contribution is 0.0493. The molecule has 1 heterocycles. The summed E-state index contributed by atoms with van der Waals surface area (Å²) >= 11 is 1.35. The quantitative estimate of drug-likeness (QED) is 0.631. The van der Waals surface area contributed by atoms with Crippen molar-refractivity contribution in [3.8, 4) is 5.75 Å². The van der Waals surface area contributed by atoms with Crippen molar-refractivity contribution in [2.24, 2.45) is 5.92 Å². The van der Waals surface area contributed by atoms with Crippen LogP contribution in [0.3, 0.4) is 0 Å². The fourth-order valence-electron chi connectivity index (χ4n) is 2.74. The molecular formula is C21H30N2O5S. The Balaban J connectivity index is 2.28. The number of esters is 1. The first kappa shape index (κ1) is 22.8. The van der Waals surface area contributed by atoms with E-state index in [4.69, 9.17) is 14.2 Å². The first-order valence-electron chi connectivity index (χ1n) is 9.48. The van der Waals surface area contributed by atoms with Crippen molar-refractivity contribution in [2.45, 2.75) is 46.3 Å². The van der Waals surface area contributed by atoms with Gasteiger partial charge in [0.15, 0.2) is 0 Å². The molecule has 0 aliphatic carbocycles. The number of benzene rings is 1. The summed E-state index contributed by atoms with van der Waals surface area (Å²) in [5, 5.41) is 7.11. The average Bonchev–Trinajstić information content (AvgIpc) is 3.00. The zero-order chi connectivity index (χ0) is 21.8. The van der Waals surface area contributed by atoms with Crippen LogP contribution in [0.5, 0.6) is 5.75 Å². The van der Waals surface area contributed by atoms with Gasteiger partial charge in [0.25, 0.3) is 0 Å². The molecule has 160 valence electrons. The van der Waals surface area contributed by atoms with Gasteiger partial charge < -0.3 is 24.8 Å². The minimum absolute atomic E-state index is 0.149. The Morgan fingerprint density at radius 2 is 1.86 bits per heavy atom. The molecule has 0 aliphatic heterocycles. The molecule has 1 aromatic heterocycles. The summed E-state index contributed by atoms with van der Waals surface area (Å²) in [7, 11) is 2.96. The molecule has 0 aliphatic rings. The third-order valence-corrected chi connectivity index (χ3v) is 5.42. The van der Waals surface area contributed by atoms with Crippen molar-refractivity contribution >= 4 is 39.2 Å². The van der Waals surface area contributed by atoms with Crippen LogP contribution in [-0.4, -0.2) is 44.5 Å². The van der Waals surface area contributed by atoms with Gasteiger partial charge in [0.1, 0.15) is 16.2 Å². The first-order chi connectivity index (χ1) is 13.6. The molecule has 7 nitrogen and oxygen atoms in total. The number of anilines is 1. The van der Waals surface area contributed by atoms with Gasteiger partial charge in [0.05, 0.1) is 25.9 Å². The predicted octanol–water partition coefficient (Wildman–Crippen LogP) is 4.66. The Hall–Kier alpha value is -2.48. The van der Waals surface area contributed by atoms with Crippen molar-refractivity contribution in [1.82, 2.24) is 5.32 Å². The van der Waals surface area contributed by atoms with E-state index in [1.807, 2.05) is 52.8 Å². The van der Waals surface area contributed by atoms with Crippen molar-refractivity contribution in [1.29, 1.82) is 0 Å². The van der Waals surface area contributed by atoms with Gasteiger partial charge >= 0.3 is 12.1 Å². The zero-order valence-corrected chi connectivity index (χ0v) is 18.9. The Morgan fingerprint density at radius 3 is 2.41 bits per heavy atom. The van der Waals surface area contributed by atoms with Crippen LogP contribution in [0.2, 0.25) is 0 Å². The first-order valence-corrected chi connectivity index (χ1v) is 10.3. The van der Waals surface area contributed by atoms with E-state index in [0.717, 1.165) is 10.1 Å². The van der Waals surface area contributed by atoms with Gasteiger partial charge in [0, 0.05) is 16.6 Å². The second kappa shape index (κ2) is 9.35. The second-order valence-electron chi connectivity index (χ2n) is 8.04. The lowest BCUT2D eigenvalue weighted by Gasteiger charge is -2.26. The van der Waals surface area contributed by atoms with E-state index in [2.05, 4.69) is 10.6 Å². The maximum absolute atomic E-state index is 12.3. The summed E-state index contributed by atoms with van der Waals surface area (Å²) in [5.74, 6) is 0.437. The van der Waals surface area contributed by atoms with Gasteiger partial charge in [0.2, 0.25) is 0 Å². The van der Waals surface area contributed by atoms with Crippen LogP contribution in [0, 0.1) is 5.92 Å². The van der Waals surface area contributed by atoms with Crippen molar-refractivity contribution < 1.29 is 23.8 Å². The van der Waals surface area contributed by atoms with E-state index in [1.54, 1.807) is 7.11 Å². The van der Waals surface area contributed by atoms with Gasteiger partial charge in [-0.2, -0.15) is 0 Å². The maximum Gasteiger partial charge on any atom is 0.407 e. The Kier molecular flexibility index (Phi) is 7.35. The third kappa shape index (κ3) is 6.00. The Bertz CT molecular complexity index is 870. The van der Waals surface area contributed by atoms with Gasteiger partial charge in [-0.15, -0.1) is 11.3 Å². The van der Waals surface area contributed by atoms with Gasteiger partial charge in [-0.05, 0) is 44.9 Å². The third-order valence-electron chi connectivity index (χ3n) is 4.27. The topological polar surface area (TPSA) is 85.9 Å². The fraction of sp³-hybridized carbons (Fsp3) is 0.524. The number of methoxy groups -OCH3 is 2. The van der Waals surface area contributed by atoms with E-state index in [1.165, 1.54) is 18.4 Å². The van der Waals surface area contributed by atoms with E-state index in [-0.39, 0.29) is 12.0 Å². The molecule has 1 amide bonds. The summed E-state index contributed by atoms with van der Waals surface area (Å²) in [4.78, 5) is 25.0. The van der Waals surface area contributed by atoms with E-state index >= 15 is 0 Å². The van der Waals surface area contributed by atoms with Crippen LogP contribution < -0.4 is 15.4 Å². The van der Waals surface area contributed by atoms with Crippen molar-refractivity contribution in [2.75, 3.05) is 26.1 Å². The molecule has 2 aromatic rings. The highest BCUT2D eigenvalue weighted by atomic mass is 32.1. The highest BCUT2D eigenvalue weighted by Gasteiger charge is 2.24. The van der Waals surface area contributed by atoms with Gasteiger partial charge in [-0.1, -0.05) is 13.8 Å². The molecule has 0 saturated carbocycles. The Labute approximate surface area is 175 Å². The van der Waals surface area contributed by atoms with Crippen LogP contribution in [0.15, 0.2) is 18.2 Å². The van der Waals surface area contributed by atoms with Crippen LogP contribution in [0.1, 0.15) is 44.3 Å². The number of fused-ring (bicyclic) bond motifs is 1. The molecule has 0 unspecified atom stereocenters. The van der Waals surface area contributed by atoms with Crippen LogP contribution >= 0.6 is 11.3 Å². The van der Waals surface area contributed by atoms with Gasteiger partial charge in [-0.25, -0.2) is 9.59 Å². The molecule has 0 fully saturated rings. The smallest absolute Gasteiger partial charge is 0.407 e. The van der Waals surface area contributed by atoms with E-state index < -0.39 is 17.7 Å². The number of carbonyl (C=O) groups excluding carboxylic acids is 2. The number of alkyl carbamates (subject to hydrolysis) is 1. The number of hydrogen-bond donors (Lipinski definition) is 2. The molecule has 0 saturated heterocycles. The summed E-state index contributed by atoms with van der Waals surface area (Å²) in [6.07, 6.45) is -0.469. The number of nitrogens with one attached hydrogen (secondary N) is 2. The molecular weight excluding hydrogens is 392 g/mol. The number of carbonyl (C=O) groups is 2. The van der Waals surface area contributed by atoms with Gasteiger partial charge in [-0.3, -0.25) is 0 Å². The number of amides is 1. The summed E-state index contributed by atoms with van der Waals surface area (Å²) in [6.45, 7) is 9.91. The highest BCUT2D eigenvalue weighted by Crippen LogP contribution is 2.38. The van der Waals surface area contributed by atoms with Crippen LogP contribution in [-0.2, 0) is 9.47 Å². The monoisotopic (exact) mass is 422 g/mol. The van der Waals surface area contributed by atoms with Crippen LogP contribution in [0.25, 0.3) is 10.1 Å². The molecule has 29 heavy (non-hydrogen) atoms.